The number of hydrogen-bond acceptors (Lipinski definition) is 7. The third kappa shape index (κ3) is 9.44. The number of nitrogens with one attached hydrogen (secondary N) is 2. The Kier molecular flexibility index (Phi) is 13.3. The Morgan fingerprint density at radius 3 is 1.24 bits per heavy atom. The van der Waals surface area contributed by atoms with Gasteiger partial charge in [-0.05, 0) is 133 Å². The smallest absolute Gasteiger partial charge is 0.127 e. The van der Waals surface area contributed by atoms with Crippen LogP contribution in [0.4, 0.5) is 0 Å². The number of aromatic amines is 2. The summed E-state index contributed by atoms with van der Waals surface area (Å²) in [5.74, 6) is 1.12. The van der Waals surface area contributed by atoms with Crippen molar-refractivity contribution in [1.29, 1.82) is 0 Å². The number of H-pyrrole nitrogens is 2. The molecule has 5 aromatic carbocycles. The Morgan fingerprint density at radius 2 is 0.865 bits per heavy atom. The van der Waals surface area contributed by atoms with E-state index in [-0.39, 0.29) is 36.4 Å². The van der Waals surface area contributed by atoms with Crippen LogP contribution in [0.3, 0.4) is 0 Å². The van der Waals surface area contributed by atoms with Crippen molar-refractivity contribution in [1.82, 2.24) is 19.9 Å². The minimum Gasteiger partial charge on any atom is -0.744 e. The van der Waals surface area contributed by atoms with Crippen LogP contribution >= 0.6 is 46.4 Å². The predicted octanol–water partition coefficient (Wildman–Crippen LogP) is 16.5. The van der Waals surface area contributed by atoms with E-state index < -0.39 is 10.1 Å². The molecule has 3 aromatic heterocycles. The third-order valence-corrected chi connectivity index (χ3v) is 15.8. The highest BCUT2D eigenvalue weighted by molar-refractivity contribution is 7.85. The summed E-state index contributed by atoms with van der Waals surface area (Å²) in [7, 11) is -4.88. The Labute approximate surface area is 449 Å². The highest BCUT2D eigenvalue weighted by Crippen LogP contribution is 2.46. The lowest BCUT2D eigenvalue weighted by Gasteiger charge is -2.25. The van der Waals surface area contributed by atoms with Crippen LogP contribution in [-0.2, 0) is 28.4 Å². The first-order valence-electron chi connectivity index (χ1n) is 24.2. The molecule has 0 spiro atoms. The molecule has 372 valence electrons. The Balaban J connectivity index is 1.26. The molecular weight excluding hydrogens is 1030 g/mol. The van der Waals surface area contributed by atoms with Crippen molar-refractivity contribution in [2.45, 2.75) is 56.8 Å². The second kappa shape index (κ2) is 19.9. The van der Waals surface area contributed by atoms with Crippen LogP contribution in [0.2, 0.25) is 20.1 Å². The molecule has 0 fully saturated rings. The lowest BCUT2D eigenvalue weighted by Crippen LogP contribution is -2.17. The van der Waals surface area contributed by atoms with Crippen molar-refractivity contribution in [2.75, 3.05) is 13.2 Å². The zero-order chi connectivity index (χ0) is 51.5. The largest absolute Gasteiger partial charge is 0.744 e. The van der Waals surface area contributed by atoms with Gasteiger partial charge in [0.25, 0.3) is 0 Å². The van der Waals surface area contributed by atoms with E-state index in [1.165, 1.54) is 0 Å². The van der Waals surface area contributed by atoms with Gasteiger partial charge in [-0.25, -0.2) is 18.4 Å². The van der Waals surface area contributed by atoms with Crippen molar-refractivity contribution < 1.29 is 22.4 Å². The van der Waals surface area contributed by atoms with Gasteiger partial charge in [0.1, 0.15) is 21.6 Å². The topological polar surface area (TPSA) is 133 Å². The molecule has 14 heteroatoms. The quantitative estimate of drug-likeness (QED) is 0.168. The van der Waals surface area contributed by atoms with Gasteiger partial charge in [0.2, 0.25) is 0 Å². The number of benzene rings is 5. The number of aryl methyl sites for hydroxylation is 2. The van der Waals surface area contributed by atoms with Gasteiger partial charge in [0, 0.05) is 66.6 Å². The molecule has 4 aliphatic heterocycles. The molecule has 0 saturated heterocycles. The molecule has 0 unspecified atom stereocenters. The van der Waals surface area contributed by atoms with Gasteiger partial charge in [-0.1, -0.05) is 128 Å². The zero-order valence-corrected chi connectivity index (χ0v) is 44.3. The highest BCUT2D eigenvalue weighted by atomic mass is 35.5. The van der Waals surface area contributed by atoms with E-state index >= 15 is 0 Å². The third-order valence-electron chi connectivity index (χ3n) is 13.5. The van der Waals surface area contributed by atoms with Crippen molar-refractivity contribution >= 4 is 103 Å². The second-order valence-corrected chi connectivity index (χ2v) is 22.4. The SMILES string of the molecule is CC(C)(C)c1cc2c(S(=O)(=O)[O-])c(c1)CCCOc1ccccc1-c1c3nc(c(-c4c(Cl)cccc4Cl)c4ccc([nH]4)c(c4nc(c(-c5c(Cl)cccc5Cl)c5ccc1[nH]5)C=C4)-c1ccccc1OCCC2)C=C3. The first kappa shape index (κ1) is 49.6. The minimum atomic E-state index is -4.88. The van der Waals surface area contributed by atoms with E-state index in [0.717, 1.165) is 16.7 Å². The summed E-state index contributed by atoms with van der Waals surface area (Å²) in [6, 6.07) is 38.0. The minimum absolute atomic E-state index is 0.175. The van der Waals surface area contributed by atoms with Gasteiger partial charge in [0.15, 0.2) is 0 Å². The van der Waals surface area contributed by atoms with E-state index in [9.17, 15) is 13.0 Å². The molecule has 12 bridgehead atoms. The van der Waals surface area contributed by atoms with Gasteiger partial charge in [-0.2, -0.15) is 0 Å². The summed E-state index contributed by atoms with van der Waals surface area (Å²) >= 11 is 28.4. The van der Waals surface area contributed by atoms with Crippen LogP contribution in [0.15, 0.2) is 126 Å². The summed E-state index contributed by atoms with van der Waals surface area (Å²) in [5.41, 5.74) is 12.2. The van der Waals surface area contributed by atoms with E-state index in [4.69, 9.17) is 65.8 Å². The summed E-state index contributed by atoms with van der Waals surface area (Å²) in [4.78, 5) is 18.2. The number of ether oxygens (including phenoxy) is 2. The zero-order valence-electron chi connectivity index (χ0n) is 40.5. The maximum absolute atomic E-state index is 13.3. The van der Waals surface area contributed by atoms with Crippen LogP contribution in [0, 0.1) is 0 Å². The number of aromatic nitrogens is 4. The molecule has 7 heterocycles. The van der Waals surface area contributed by atoms with E-state index in [2.05, 4.69) is 30.7 Å². The fraction of sp³-hybridized carbons (Fsp3) is 0.167. The summed E-state index contributed by atoms with van der Waals surface area (Å²) in [5, 5.41) is 1.78. The number of fused-ring (bicyclic) bond motifs is 6. The van der Waals surface area contributed by atoms with E-state index in [0.29, 0.717) is 134 Å². The molecule has 2 N–H and O–H groups in total. The summed E-state index contributed by atoms with van der Waals surface area (Å²) < 4.78 is 53.3. The van der Waals surface area contributed by atoms with Crippen LogP contribution < -0.4 is 9.47 Å². The normalized spacial score (nSPS) is 13.8. The van der Waals surface area contributed by atoms with Gasteiger partial charge in [-0.3, -0.25) is 0 Å². The predicted molar refractivity (Wildman–Crippen MR) is 301 cm³/mol. The number of nitrogens with zero attached hydrogens (tertiary/aromatic N) is 2. The molecule has 4 aliphatic rings. The molecule has 0 atom stereocenters. The van der Waals surface area contributed by atoms with Gasteiger partial charge in [-0.15, -0.1) is 0 Å². The van der Waals surface area contributed by atoms with Crippen molar-refractivity contribution in [3.63, 3.8) is 0 Å². The first-order valence-corrected chi connectivity index (χ1v) is 27.2. The molecule has 9 nitrogen and oxygen atoms in total. The lowest BCUT2D eigenvalue weighted by molar-refractivity contribution is 0.310. The Hall–Kier alpha value is -6.63. The number of hydrogen-bond donors (Lipinski definition) is 2. The molecular formula is C60H47Cl4N4O5S-. The average Bonchev–Trinajstić information content (AvgIpc) is 4.22. The fourth-order valence-electron chi connectivity index (χ4n) is 10.1. The molecule has 0 amide bonds. The number of para-hydroxylation sites is 2. The molecule has 0 radical (unpaired) electrons. The van der Waals surface area contributed by atoms with Crippen LogP contribution in [-0.4, -0.2) is 46.1 Å². The standard InChI is InChI=1S/C60H48Cl4N4O5S/c1-60(2,3)36-32-34-12-10-30-72-51-20-6-4-14-37(51)53-43-22-26-47(65-43)57(55-39(61)16-8-17-40(55)62)49-28-24-45(67-49)54(38-15-5-7-21-52(38)73-31-11-13-35(33-36)59(34)74(69,70)71)46-25-29-50(68-46)58(48-27-23-44(53)66-48)56-41(63)18-9-19-42(56)64/h4-9,14-29,32-33,65,68H,10-13,30-31H2,1-3H3,(H,69,70,71)/p-1. The fourth-order valence-corrected chi connectivity index (χ4v) is 12.3. The van der Waals surface area contributed by atoms with Gasteiger partial charge < -0.3 is 24.0 Å². The maximum Gasteiger partial charge on any atom is 0.127 e. The Morgan fingerprint density at radius 1 is 0.500 bits per heavy atom. The molecule has 12 rings (SSSR count). The van der Waals surface area contributed by atoms with Crippen molar-refractivity contribution in [3.05, 3.63) is 181 Å². The molecule has 0 aliphatic carbocycles. The van der Waals surface area contributed by atoms with Gasteiger partial charge in [0.05, 0.1) is 61.0 Å². The number of halogens is 4. The van der Waals surface area contributed by atoms with Crippen molar-refractivity contribution in [2.24, 2.45) is 0 Å². The van der Waals surface area contributed by atoms with E-state index in [1.54, 1.807) is 0 Å². The highest BCUT2D eigenvalue weighted by Gasteiger charge is 2.26. The van der Waals surface area contributed by atoms with Gasteiger partial charge >= 0.3 is 0 Å². The molecule has 74 heavy (non-hydrogen) atoms. The van der Waals surface area contributed by atoms with Crippen LogP contribution in [0.5, 0.6) is 11.5 Å². The Bertz CT molecular complexity index is 3680. The second-order valence-electron chi connectivity index (χ2n) is 19.4. The average molecular weight is 1080 g/mol. The van der Waals surface area contributed by atoms with Crippen molar-refractivity contribution in [3.8, 4) is 56.0 Å². The lowest BCUT2D eigenvalue weighted by atomic mass is 9.84. The van der Waals surface area contributed by atoms with Crippen LogP contribution in [0.25, 0.3) is 90.9 Å². The molecule has 0 saturated carbocycles. The van der Waals surface area contributed by atoms with Crippen LogP contribution in [0.1, 0.15) is 73.1 Å². The van der Waals surface area contributed by atoms with E-state index in [1.807, 2.05) is 146 Å². The summed E-state index contributed by atoms with van der Waals surface area (Å²) in [6.07, 6.45) is 9.22. The maximum atomic E-state index is 13.3. The monoisotopic (exact) mass is 1080 g/mol. The molecule has 8 aromatic rings. The summed E-state index contributed by atoms with van der Waals surface area (Å²) in [6.45, 7) is 6.63. The first-order chi connectivity index (χ1) is 35.6. The number of rotatable bonds is 3.